The van der Waals surface area contributed by atoms with E-state index >= 15 is 0 Å². The number of allylic oxidation sites excluding steroid dienone is 18. The van der Waals surface area contributed by atoms with E-state index in [-0.39, 0.29) is 31.1 Å². The van der Waals surface area contributed by atoms with Crippen LogP contribution < -0.4 is 0 Å². The Balaban J connectivity index is 4.30. The van der Waals surface area contributed by atoms with Crippen LogP contribution in [0.25, 0.3) is 0 Å². The average Bonchev–Trinajstić information content (AvgIpc) is 3.43. The minimum absolute atomic E-state index is 0.0850. The molecule has 0 aromatic carbocycles. The quantitative estimate of drug-likeness (QED) is 0.0261. The highest BCUT2D eigenvalue weighted by molar-refractivity contribution is 5.71. The smallest absolute Gasteiger partial charge is 0.306 e. The third-order valence-corrected chi connectivity index (χ3v) is 13.8. The van der Waals surface area contributed by atoms with Crippen LogP contribution in [0.15, 0.2) is 109 Å². The second-order valence-electron chi connectivity index (χ2n) is 21.3. The van der Waals surface area contributed by atoms with Gasteiger partial charge in [0.25, 0.3) is 0 Å². The number of ether oxygens (including phenoxy) is 3. The third kappa shape index (κ3) is 62.8. The van der Waals surface area contributed by atoms with E-state index < -0.39 is 6.10 Å². The molecular weight excluding hydrogens is 949 g/mol. The lowest BCUT2D eigenvalue weighted by Gasteiger charge is -2.18. The van der Waals surface area contributed by atoms with Crippen molar-refractivity contribution in [2.45, 2.75) is 309 Å². The lowest BCUT2D eigenvalue weighted by Crippen LogP contribution is -2.30. The Morgan fingerprint density at radius 3 is 0.831 bits per heavy atom. The molecule has 77 heavy (non-hydrogen) atoms. The highest BCUT2D eigenvalue weighted by Gasteiger charge is 2.19. The molecule has 6 nitrogen and oxygen atoms in total. The normalized spacial score (nSPS) is 12.8. The number of unbranched alkanes of at least 4 members (excludes halogenated alkanes) is 29. The molecule has 0 N–H and O–H groups in total. The third-order valence-electron chi connectivity index (χ3n) is 13.8. The van der Waals surface area contributed by atoms with Crippen LogP contribution >= 0.6 is 0 Å². The van der Waals surface area contributed by atoms with Crippen LogP contribution in [-0.2, 0) is 28.6 Å². The minimum atomic E-state index is -0.787. The zero-order chi connectivity index (χ0) is 55.7. The van der Waals surface area contributed by atoms with Crippen molar-refractivity contribution in [1.29, 1.82) is 0 Å². The Morgan fingerprint density at radius 2 is 0.506 bits per heavy atom. The highest BCUT2D eigenvalue weighted by atomic mass is 16.6. The molecule has 0 aliphatic heterocycles. The summed E-state index contributed by atoms with van der Waals surface area (Å²) in [5, 5.41) is 0. The van der Waals surface area contributed by atoms with Crippen LogP contribution in [0.5, 0.6) is 0 Å². The summed E-state index contributed by atoms with van der Waals surface area (Å²) in [6, 6.07) is 0. The average molecular weight is 1070 g/mol. The first kappa shape index (κ1) is 73.1. The monoisotopic (exact) mass is 1070 g/mol. The predicted molar refractivity (Wildman–Crippen MR) is 334 cm³/mol. The first-order valence-corrected chi connectivity index (χ1v) is 32.4. The van der Waals surface area contributed by atoms with E-state index in [9.17, 15) is 14.4 Å². The van der Waals surface area contributed by atoms with Crippen molar-refractivity contribution in [3.63, 3.8) is 0 Å². The maximum Gasteiger partial charge on any atom is 0.306 e. The Labute approximate surface area is 476 Å². The molecular formula is C71H120O6. The van der Waals surface area contributed by atoms with Gasteiger partial charge in [-0.2, -0.15) is 0 Å². The molecule has 440 valence electrons. The lowest BCUT2D eigenvalue weighted by atomic mass is 10.0. The van der Waals surface area contributed by atoms with Crippen LogP contribution in [0.3, 0.4) is 0 Å². The van der Waals surface area contributed by atoms with Crippen molar-refractivity contribution in [3.05, 3.63) is 109 Å². The van der Waals surface area contributed by atoms with E-state index in [0.29, 0.717) is 19.3 Å². The first-order valence-electron chi connectivity index (χ1n) is 32.4. The van der Waals surface area contributed by atoms with Gasteiger partial charge in [0.15, 0.2) is 6.10 Å². The SMILES string of the molecule is CC/C=C\C/C=C\C/C=C\C/C=C\C/C=C\C/C=C\C/C=C\C/C=C\CCCCCCCCC(=O)OCC(COC(=O)CCCCCCC/C=C\CCCCC)OC(=O)CCCCCCCCCCCCCCCCCC. The molecule has 0 aliphatic rings. The van der Waals surface area contributed by atoms with Crippen LogP contribution in [0.4, 0.5) is 0 Å². The van der Waals surface area contributed by atoms with Crippen molar-refractivity contribution in [1.82, 2.24) is 0 Å². The largest absolute Gasteiger partial charge is 0.462 e. The van der Waals surface area contributed by atoms with Gasteiger partial charge >= 0.3 is 17.9 Å². The van der Waals surface area contributed by atoms with Gasteiger partial charge in [-0.05, 0) is 109 Å². The molecule has 0 saturated carbocycles. The molecule has 0 heterocycles. The molecule has 6 heteroatoms. The molecule has 0 bridgehead atoms. The summed E-state index contributed by atoms with van der Waals surface area (Å²) >= 11 is 0. The molecule has 0 rings (SSSR count). The van der Waals surface area contributed by atoms with Crippen molar-refractivity contribution >= 4 is 17.9 Å². The maximum absolute atomic E-state index is 12.9. The lowest BCUT2D eigenvalue weighted by molar-refractivity contribution is -0.167. The van der Waals surface area contributed by atoms with Gasteiger partial charge in [0, 0.05) is 19.3 Å². The second-order valence-corrected chi connectivity index (χ2v) is 21.3. The van der Waals surface area contributed by atoms with E-state index in [4.69, 9.17) is 14.2 Å². The Bertz CT molecular complexity index is 1560. The van der Waals surface area contributed by atoms with Gasteiger partial charge in [0.1, 0.15) is 13.2 Å². The maximum atomic E-state index is 12.9. The molecule has 0 saturated heterocycles. The number of carbonyl (C=O) groups excluding carboxylic acids is 3. The second kappa shape index (κ2) is 64.6. The number of hydrogen-bond acceptors (Lipinski definition) is 6. The summed E-state index contributed by atoms with van der Waals surface area (Å²) in [5.74, 6) is -0.899. The van der Waals surface area contributed by atoms with Gasteiger partial charge in [0.2, 0.25) is 0 Å². The number of rotatable bonds is 58. The summed E-state index contributed by atoms with van der Waals surface area (Å²) in [4.78, 5) is 38.2. The fourth-order valence-electron chi connectivity index (χ4n) is 8.92. The molecule has 0 radical (unpaired) electrons. The number of esters is 3. The molecule has 1 unspecified atom stereocenters. The van der Waals surface area contributed by atoms with E-state index in [1.165, 1.54) is 135 Å². The fraction of sp³-hybridized carbons (Fsp3) is 0.704. The zero-order valence-corrected chi connectivity index (χ0v) is 50.4. The Hall–Kier alpha value is -3.93. The van der Waals surface area contributed by atoms with E-state index in [0.717, 1.165) is 128 Å². The molecule has 0 aromatic heterocycles. The summed E-state index contributed by atoms with van der Waals surface area (Å²) in [6.45, 7) is 6.50. The van der Waals surface area contributed by atoms with E-state index in [1.54, 1.807) is 0 Å². The van der Waals surface area contributed by atoms with E-state index in [2.05, 4.69) is 130 Å². The zero-order valence-electron chi connectivity index (χ0n) is 50.4. The molecule has 0 aromatic rings. The Kier molecular flexibility index (Phi) is 61.3. The fourth-order valence-corrected chi connectivity index (χ4v) is 8.92. The standard InChI is InChI=1S/C71H120O6/c1-4-7-10-13-16-19-22-25-27-29-30-31-32-33-34-35-36-37-38-39-40-41-42-43-45-46-49-52-55-58-61-64-70(73)76-67-68(66-75-69(72)63-60-57-54-51-48-24-21-18-15-12-9-6-3)77-71(74)65-62-59-56-53-50-47-44-28-26-23-20-17-14-11-8-5-2/h7,10,16,18-19,21,25,27,30-31,33-34,36-37,39-40,42-43,68H,4-6,8-9,11-15,17,20,22-24,26,28-29,32,35,38,41,44-67H2,1-3H3/b10-7-,19-16-,21-18-,27-25-,31-30-,34-33-,37-36-,40-39-,43-42-. The molecule has 0 aliphatic carbocycles. The van der Waals surface area contributed by atoms with Crippen molar-refractivity contribution in [3.8, 4) is 0 Å². The number of hydrogen-bond donors (Lipinski definition) is 0. The van der Waals surface area contributed by atoms with Crippen molar-refractivity contribution < 1.29 is 28.6 Å². The summed E-state index contributed by atoms with van der Waals surface area (Å²) in [7, 11) is 0. The van der Waals surface area contributed by atoms with Crippen molar-refractivity contribution in [2.75, 3.05) is 13.2 Å². The van der Waals surface area contributed by atoms with Crippen LogP contribution in [0, 0.1) is 0 Å². The first-order chi connectivity index (χ1) is 38.0. The van der Waals surface area contributed by atoms with Crippen LogP contribution in [-0.4, -0.2) is 37.2 Å². The predicted octanol–water partition coefficient (Wildman–Crippen LogP) is 22.2. The van der Waals surface area contributed by atoms with Crippen LogP contribution in [0.1, 0.15) is 303 Å². The topological polar surface area (TPSA) is 78.9 Å². The minimum Gasteiger partial charge on any atom is -0.462 e. The molecule has 0 amide bonds. The van der Waals surface area contributed by atoms with Gasteiger partial charge < -0.3 is 14.2 Å². The van der Waals surface area contributed by atoms with Gasteiger partial charge in [-0.1, -0.05) is 284 Å². The summed E-state index contributed by atoms with van der Waals surface area (Å²) in [5.41, 5.74) is 0. The highest BCUT2D eigenvalue weighted by Crippen LogP contribution is 2.16. The molecule has 1 atom stereocenters. The van der Waals surface area contributed by atoms with Gasteiger partial charge in [0.05, 0.1) is 0 Å². The van der Waals surface area contributed by atoms with Gasteiger partial charge in [-0.3, -0.25) is 14.4 Å². The van der Waals surface area contributed by atoms with Crippen LogP contribution in [0.2, 0.25) is 0 Å². The summed E-state index contributed by atoms with van der Waals surface area (Å²) in [6.07, 6.45) is 88.1. The van der Waals surface area contributed by atoms with E-state index in [1.807, 2.05) is 0 Å². The summed E-state index contributed by atoms with van der Waals surface area (Å²) < 4.78 is 16.9. The van der Waals surface area contributed by atoms with Gasteiger partial charge in [-0.15, -0.1) is 0 Å². The Morgan fingerprint density at radius 1 is 0.273 bits per heavy atom. The van der Waals surface area contributed by atoms with Crippen molar-refractivity contribution in [2.24, 2.45) is 0 Å². The number of carbonyl (C=O) groups is 3. The van der Waals surface area contributed by atoms with Gasteiger partial charge in [-0.25, -0.2) is 0 Å². The molecule has 0 fully saturated rings. The molecule has 0 spiro atoms.